The fourth-order valence-electron chi connectivity index (χ4n) is 3.08. The van der Waals surface area contributed by atoms with Gasteiger partial charge in [0.05, 0.1) is 4.90 Å². The van der Waals surface area contributed by atoms with Crippen molar-refractivity contribution in [2.24, 2.45) is 0 Å². The fourth-order valence-corrected chi connectivity index (χ4v) is 4.14. The molecule has 4 rings (SSSR count). The molecule has 0 aliphatic heterocycles. The van der Waals surface area contributed by atoms with Gasteiger partial charge in [0.1, 0.15) is 0 Å². The quantitative estimate of drug-likeness (QED) is 0.444. The van der Waals surface area contributed by atoms with Crippen LogP contribution in [0.4, 0.5) is 13.2 Å². The van der Waals surface area contributed by atoms with Crippen molar-refractivity contribution in [2.45, 2.75) is 17.6 Å². The van der Waals surface area contributed by atoms with E-state index in [9.17, 15) is 21.6 Å². The Labute approximate surface area is 181 Å². The monoisotopic (exact) mass is 459 g/mol. The van der Waals surface area contributed by atoms with Gasteiger partial charge in [0.25, 0.3) is 0 Å². The average molecular weight is 459 g/mol. The fraction of sp³-hybridized carbons (Fsp3) is 0.0909. The van der Waals surface area contributed by atoms with Crippen LogP contribution in [0.25, 0.3) is 22.9 Å². The molecule has 0 amide bonds. The molecule has 1 heterocycles. The van der Waals surface area contributed by atoms with Crippen LogP contribution in [0.15, 0.2) is 76.1 Å². The summed E-state index contributed by atoms with van der Waals surface area (Å²) in [6.45, 7) is 0.104. The molecule has 0 spiro atoms. The van der Waals surface area contributed by atoms with Crippen LogP contribution in [0.1, 0.15) is 22.8 Å². The number of benzene rings is 3. The third-order valence-electron chi connectivity index (χ3n) is 4.61. The summed E-state index contributed by atoms with van der Waals surface area (Å²) in [5.41, 5.74) is 1.27. The van der Waals surface area contributed by atoms with Crippen molar-refractivity contribution in [1.29, 1.82) is 0 Å². The third kappa shape index (κ3) is 4.87. The second-order valence-electron chi connectivity index (χ2n) is 6.82. The molecule has 0 fully saturated rings. The predicted octanol–water partition coefficient (Wildman–Crippen LogP) is 4.89. The maximum atomic E-state index is 12.8. The SMILES string of the molecule is O=S(=O)(NCc1cccc2ccccc12)c1cccc(C=Cc2noc(C(F)(F)F)n2)c1. The Kier molecular flexibility index (Phi) is 5.81. The Morgan fingerprint density at radius 1 is 0.969 bits per heavy atom. The Morgan fingerprint density at radius 3 is 2.50 bits per heavy atom. The van der Waals surface area contributed by atoms with E-state index in [0.29, 0.717) is 5.56 Å². The maximum absolute atomic E-state index is 12.8. The van der Waals surface area contributed by atoms with Gasteiger partial charge in [-0.1, -0.05) is 65.8 Å². The first kappa shape index (κ1) is 21.7. The number of alkyl halides is 3. The Morgan fingerprint density at radius 2 is 1.72 bits per heavy atom. The van der Waals surface area contributed by atoms with E-state index in [-0.39, 0.29) is 17.3 Å². The van der Waals surface area contributed by atoms with Crippen LogP contribution in [0.3, 0.4) is 0 Å². The number of fused-ring (bicyclic) bond motifs is 1. The molecule has 0 saturated heterocycles. The minimum Gasteiger partial charge on any atom is -0.329 e. The van der Waals surface area contributed by atoms with E-state index in [1.807, 2.05) is 42.5 Å². The van der Waals surface area contributed by atoms with E-state index >= 15 is 0 Å². The molecule has 10 heteroatoms. The maximum Gasteiger partial charge on any atom is 0.471 e. The highest BCUT2D eigenvalue weighted by atomic mass is 32.2. The van der Waals surface area contributed by atoms with Crippen molar-refractivity contribution in [3.8, 4) is 0 Å². The van der Waals surface area contributed by atoms with E-state index in [0.717, 1.165) is 16.3 Å². The Bertz CT molecular complexity index is 1390. The summed E-state index contributed by atoms with van der Waals surface area (Å²) >= 11 is 0. The lowest BCUT2D eigenvalue weighted by Crippen LogP contribution is -2.23. The van der Waals surface area contributed by atoms with Gasteiger partial charge in [-0.3, -0.25) is 0 Å². The molecule has 1 aromatic heterocycles. The van der Waals surface area contributed by atoms with Gasteiger partial charge < -0.3 is 4.52 Å². The van der Waals surface area contributed by atoms with Gasteiger partial charge in [-0.25, -0.2) is 13.1 Å². The van der Waals surface area contributed by atoms with Crippen LogP contribution in [0.5, 0.6) is 0 Å². The van der Waals surface area contributed by atoms with Crippen molar-refractivity contribution in [3.05, 3.63) is 89.6 Å². The molecule has 0 unspecified atom stereocenters. The minimum absolute atomic E-state index is 0.0176. The van der Waals surface area contributed by atoms with Crippen LogP contribution in [0, 0.1) is 0 Å². The number of hydrogen-bond acceptors (Lipinski definition) is 5. The lowest BCUT2D eigenvalue weighted by Gasteiger charge is -2.10. The van der Waals surface area contributed by atoms with Crippen molar-refractivity contribution in [3.63, 3.8) is 0 Å². The van der Waals surface area contributed by atoms with Crippen LogP contribution in [-0.4, -0.2) is 18.6 Å². The summed E-state index contributed by atoms with van der Waals surface area (Å²) in [6, 6.07) is 19.3. The second-order valence-corrected chi connectivity index (χ2v) is 8.59. The number of halogens is 3. The normalized spacial score (nSPS) is 12.6. The number of nitrogens with one attached hydrogen (secondary N) is 1. The standard InChI is InChI=1S/C22H16F3N3O3S/c23-22(24,25)21-27-20(28-31-21)12-11-15-5-3-9-18(13-15)32(29,30)26-14-17-8-4-7-16-6-1-2-10-19(16)17/h1-13,26H,14H2. The van der Waals surface area contributed by atoms with Gasteiger partial charge in [-0.2, -0.15) is 18.2 Å². The van der Waals surface area contributed by atoms with E-state index < -0.39 is 22.1 Å². The largest absolute Gasteiger partial charge is 0.471 e. The van der Waals surface area contributed by atoms with Gasteiger partial charge in [-0.05, 0) is 40.1 Å². The van der Waals surface area contributed by atoms with Gasteiger partial charge in [0.15, 0.2) is 5.82 Å². The zero-order valence-electron chi connectivity index (χ0n) is 16.4. The molecule has 3 aromatic carbocycles. The average Bonchev–Trinajstić information content (AvgIpc) is 3.26. The lowest BCUT2D eigenvalue weighted by atomic mass is 10.1. The number of sulfonamides is 1. The molecular weight excluding hydrogens is 443 g/mol. The van der Waals surface area contributed by atoms with Crippen molar-refractivity contribution >= 4 is 32.9 Å². The van der Waals surface area contributed by atoms with E-state index in [4.69, 9.17) is 0 Å². The van der Waals surface area contributed by atoms with Gasteiger partial charge in [0.2, 0.25) is 10.0 Å². The zero-order chi connectivity index (χ0) is 22.8. The highest BCUT2D eigenvalue weighted by Gasteiger charge is 2.38. The van der Waals surface area contributed by atoms with Gasteiger partial charge >= 0.3 is 12.1 Å². The number of rotatable bonds is 6. The highest BCUT2D eigenvalue weighted by Crippen LogP contribution is 2.27. The van der Waals surface area contributed by atoms with Crippen LogP contribution in [-0.2, 0) is 22.7 Å². The zero-order valence-corrected chi connectivity index (χ0v) is 17.2. The van der Waals surface area contributed by atoms with Gasteiger partial charge in [-0.15, -0.1) is 0 Å². The number of aromatic nitrogens is 2. The summed E-state index contributed by atoms with van der Waals surface area (Å²) in [7, 11) is -3.83. The summed E-state index contributed by atoms with van der Waals surface area (Å²) in [4.78, 5) is 3.25. The molecule has 0 aliphatic carbocycles. The summed E-state index contributed by atoms with van der Waals surface area (Å²) in [6.07, 6.45) is -2.13. The predicted molar refractivity (Wildman–Crippen MR) is 113 cm³/mol. The van der Waals surface area contributed by atoms with Gasteiger partial charge in [0, 0.05) is 6.54 Å². The molecule has 32 heavy (non-hydrogen) atoms. The van der Waals surface area contributed by atoms with Crippen molar-refractivity contribution in [1.82, 2.24) is 14.9 Å². The first-order chi connectivity index (χ1) is 15.2. The first-order valence-electron chi connectivity index (χ1n) is 9.38. The highest BCUT2D eigenvalue weighted by molar-refractivity contribution is 7.89. The van der Waals surface area contributed by atoms with Crippen LogP contribution >= 0.6 is 0 Å². The van der Waals surface area contributed by atoms with Crippen molar-refractivity contribution < 1.29 is 26.1 Å². The minimum atomic E-state index is -4.73. The molecule has 164 valence electrons. The molecular formula is C22H16F3N3O3S. The molecule has 6 nitrogen and oxygen atoms in total. The lowest BCUT2D eigenvalue weighted by molar-refractivity contribution is -0.159. The molecule has 0 aliphatic rings. The molecule has 4 aromatic rings. The van der Waals surface area contributed by atoms with Crippen LogP contribution < -0.4 is 4.72 Å². The number of hydrogen-bond donors (Lipinski definition) is 1. The molecule has 1 N–H and O–H groups in total. The molecule has 0 radical (unpaired) electrons. The summed E-state index contributed by atoms with van der Waals surface area (Å²) in [5.74, 6) is -1.73. The first-order valence-corrected chi connectivity index (χ1v) is 10.9. The van der Waals surface area contributed by atoms with E-state index in [1.165, 1.54) is 30.4 Å². The Balaban J connectivity index is 1.51. The van der Waals surface area contributed by atoms with E-state index in [1.54, 1.807) is 6.07 Å². The summed E-state index contributed by atoms with van der Waals surface area (Å²) < 4.78 is 69.9. The Hall–Kier alpha value is -3.50. The molecule has 0 saturated carbocycles. The second kappa shape index (κ2) is 8.56. The molecule has 0 bridgehead atoms. The topological polar surface area (TPSA) is 85.1 Å². The molecule has 0 atom stereocenters. The van der Waals surface area contributed by atoms with Crippen LogP contribution in [0.2, 0.25) is 0 Å². The number of nitrogens with zero attached hydrogens (tertiary/aromatic N) is 2. The third-order valence-corrected chi connectivity index (χ3v) is 6.01. The summed E-state index contributed by atoms with van der Waals surface area (Å²) in [5, 5.41) is 5.19. The van der Waals surface area contributed by atoms with Crippen molar-refractivity contribution in [2.75, 3.05) is 0 Å². The van der Waals surface area contributed by atoms with E-state index in [2.05, 4.69) is 19.4 Å². The smallest absolute Gasteiger partial charge is 0.329 e.